The molecule has 0 fully saturated rings. The molecular weight excluding hydrogens is 368 g/mol. The zero-order valence-corrected chi connectivity index (χ0v) is 16.6. The van der Waals surface area contributed by atoms with Crippen molar-refractivity contribution in [1.29, 1.82) is 0 Å². The molecule has 0 unspecified atom stereocenters. The van der Waals surface area contributed by atoms with Crippen LogP contribution in [0.15, 0.2) is 103 Å². The van der Waals surface area contributed by atoms with Gasteiger partial charge in [0.2, 0.25) is 5.79 Å². The molecule has 2 heterocycles. The van der Waals surface area contributed by atoms with Gasteiger partial charge in [0.05, 0.1) is 6.61 Å². The standard InChI is InChI=1S/C28H22O2/c1-2-8-20(9-3-1)21-14-16-22(17-15-21)25-18-28(30-27-13-7-5-11-24(25)27)26-12-6-4-10-23(26)19-29-28/h1-17,25H,18-19H2/t25-,28+/m0/s1. The van der Waals surface area contributed by atoms with Crippen molar-refractivity contribution in [2.24, 2.45) is 0 Å². The van der Waals surface area contributed by atoms with E-state index < -0.39 is 5.79 Å². The average Bonchev–Trinajstić information content (AvgIpc) is 3.17. The van der Waals surface area contributed by atoms with Gasteiger partial charge in [0, 0.05) is 23.5 Å². The summed E-state index contributed by atoms with van der Waals surface area (Å²) in [5.41, 5.74) is 7.36. The van der Waals surface area contributed by atoms with Crippen molar-refractivity contribution in [3.63, 3.8) is 0 Å². The molecule has 30 heavy (non-hydrogen) atoms. The smallest absolute Gasteiger partial charge is 0.238 e. The van der Waals surface area contributed by atoms with Gasteiger partial charge < -0.3 is 9.47 Å². The minimum atomic E-state index is -0.715. The number of ether oxygens (including phenoxy) is 2. The third-order valence-corrected chi connectivity index (χ3v) is 6.35. The quantitative estimate of drug-likeness (QED) is 0.381. The molecule has 4 aromatic carbocycles. The van der Waals surface area contributed by atoms with Crippen LogP contribution in [0.3, 0.4) is 0 Å². The number of hydrogen-bond acceptors (Lipinski definition) is 2. The van der Waals surface area contributed by atoms with Crippen LogP contribution in [0.1, 0.15) is 34.6 Å². The second-order valence-electron chi connectivity index (χ2n) is 8.08. The Morgan fingerprint density at radius 1 is 0.667 bits per heavy atom. The van der Waals surface area contributed by atoms with E-state index in [4.69, 9.17) is 9.47 Å². The number of benzene rings is 4. The maximum Gasteiger partial charge on any atom is 0.238 e. The second kappa shape index (κ2) is 6.86. The minimum Gasteiger partial charge on any atom is -0.458 e. The molecule has 0 bridgehead atoms. The predicted octanol–water partition coefficient (Wildman–Crippen LogP) is 6.65. The molecule has 2 aliphatic heterocycles. The van der Waals surface area contributed by atoms with Crippen molar-refractivity contribution < 1.29 is 9.47 Å². The van der Waals surface area contributed by atoms with Crippen LogP contribution < -0.4 is 4.74 Å². The van der Waals surface area contributed by atoms with Gasteiger partial charge in [0.25, 0.3) is 0 Å². The molecule has 0 saturated carbocycles. The topological polar surface area (TPSA) is 18.5 Å². The molecule has 0 aromatic heterocycles. The van der Waals surface area contributed by atoms with Gasteiger partial charge in [-0.05, 0) is 28.3 Å². The lowest BCUT2D eigenvalue weighted by molar-refractivity contribution is -0.195. The molecule has 0 N–H and O–H groups in total. The minimum absolute atomic E-state index is 0.214. The van der Waals surface area contributed by atoms with Gasteiger partial charge in [-0.25, -0.2) is 0 Å². The summed E-state index contributed by atoms with van der Waals surface area (Å²) in [5, 5.41) is 0. The van der Waals surface area contributed by atoms with Crippen molar-refractivity contribution >= 4 is 0 Å². The van der Waals surface area contributed by atoms with Crippen molar-refractivity contribution in [2.45, 2.75) is 24.7 Å². The Hall–Kier alpha value is -3.36. The summed E-state index contributed by atoms with van der Waals surface area (Å²) < 4.78 is 12.9. The fraction of sp³-hybridized carbons (Fsp3) is 0.143. The highest BCUT2D eigenvalue weighted by molar-refractivity contribution is 5.64. The molecule has 6 rings (SSSR count). The van der Waals surface area contributed by atoms with Crippen LogP contribution in [0.4, 0.5) is 0 Å². The number of para-hydroxylation sites is 1. The molecule has 4 aromatic rings. The first-order valence-corrected chi connectivity index (χ1v) is 10.5. The monoisotopic (exact) mass is 390 g/mol. The molecule has 2 nitrogen and oxygen atoms in total. The summed E-state index contributed by atoms with van der Waals surface area (Å²) in [7, 11) is 0. The van der Waals surface area contributed by atoms with Crippen LogP contribution in [0.5, 0.6) is 5.75 Å². The van der Waals surface area contributed by atoms with Crippen LogP contribution in [0.2, 0.25) is 0 Å². The van der Waals surface area contributed by atoms with Crippen molar-refractivity contribution in [3.05, 3.63) is 125 Å². The molecule has 0 radical (unpaired) electrons. The summed E-state index contributed by atoms with van der Waals surface area (Å²) in [6, 6.07) is 36.3. The second-order valence-corrected chi connectivity index (χ2v) is 8.08. The third-order valence-electron chi connectivity index (χ3n) is 6.35. The van der Waals surface area contributed by atoms with E-state index in [1.165, 1.54) is 27.8 Å². The molecule has 0 amide bonds. The lowest BCUT2D eigenvalue weighted by Gasteiger charge is -2.39. The summed E-state index contributed by atoms with van der Waals surface area (Å²) in [4.78, 5) is 0. The van der Waals surface area contributed by atoms with E-state index >= 15 is 0 Å². The molecular formula is C28H22O2. The van der Waals surface area contributed by atoms with E-state index in [0.29, 0.717) is 6.61 Å². The van der Waals surface area contributed by atoms with E-state index in [1.54, 1.807) is 0 Å². The Morgan fingerprint density at radius 3 is 2.23 bits per heavy atom. The van der Waals surface area contributed by atoms with Gasteiger partial charge >= 0.3 is 0 Å². The maximum absolute atomic E-state index is 6.53. The van der Waals surface area contributed by atoms with Crippen LogP contribution in [0.25, 0.3) is 11.1 Å². The lowest BCUT2D eigenvalue weighted by atomic mass is 9.80. The van der Waals surface area contributed by atoms with Crippen LogP contribution in [-0.4, -0.2) is 0 Å². The zero-order valence-electron chi connectivity index (χ0n) is 16.6. The Kier molecular flexibility index (Phi) is 4.00. The van der Waals surface area contributed by atoms with Crippen LogP contribution in [-0.2, 0) is 17.1 Å². The highest BCUT2D eigenvalue weighted by atomic mass is 16.7. The van der Waals surface area contributed by atoms with Crippen molar-refractivity contribution in [2.75, 3.05) is 0 Å². The van der Waals surface area contributed by atoms with E-state index in [1.807, 2.05) is 6.07 Å². The molecule has 2 heteroatoms. The van der Waals surface area contributed by atoms with E-state index in [-0.39, 0.29) is 5.92 Å². The van der Waals surface area contributed by atoms with Gasteiger partial charge in [-0.15, -0.1) is 0 Å². The molecule has 146 valence electrons. The van der Waals surface area contributed by atoms with E-state index in [2.05, 4.69) is 97.1 Å². The molecule has 2 atom stereocenters. The first-order chi connectivity index (χ1) is 14.8. The maximum atomic E-state index is 6.53. The van der Waals surface area contributed by atoms with Gasteiger partial charge in [-0.3, -0.25) is 0 Å². The van der Waals surface area contributed by atoms with Crippen molar-refractivity contribution in [1.82, 2.24) is 0 Å². The number of hydrogen-bond donors (Lipinski definition) is 0. The van der Waals surface area contributed by atoms with Gasteiger partial charge in [0.15, 0.2) is 0 Å². The molecule has 0 aliphatic carbocycles. The zero-order chi connectivity index (χ0) is 20.0. The Bertz CT molecular complexity index is 1200. The molecule has 2 aliphatic rings. The highest BCUT2D eigenvalue weighted by Crippen LogP contribution is 2.52. The fourth-order valence-corrected chi connectivity index (χ4v) is 4.84. The number of fused-ring (bicyclic) bond motifs is 3. The summed E-state index contributed by atoms with van der Waals surface area (Å²) >= 11 is 0. The number of rotatable bonds is 2. The predicted molar refractivity (Wildman–Crippen MR) is 118 cm³/mol. The first kappa shape index (κ1) is 17.5. The SMILES string of the molecule is c1ccc(-c2ccc([C@@H]3C[C@@]4(OCc5ccccc54)Oc4ccccc43)cc2)cc1. The largest absolute Gasteiger partial charge is 0.458 e. The molecule has 0 saturated heterocycles. The normalized spacial score (nSPS) is 21.7. The van der Waals surface area contributed by atoms with Crippen LogP contribution in [0, 0.1) is 0 Å². The Balaban J connectivity index is 1.42. The van der Waals surface area contributed by atoms with E-state index in [9.17, 15) is 0 Å². The highest BCUT2D eigenvalue weighted by Gasteiger charge is 2.48. The third kappa shape index (κ3) is 2.76. The summed E-state index contributed by atoms with van der Waals surface area (Å²) in [5.74, 6) is 0.414. The molecule has 1 spiro atoms. The average molecular weight is 390 g/mol. The Labute approximate surface area is 176 Å². The summed E-state index contributed by atoms with van der Waals surface area (Å²) in [6.45, 7) is 0.595. The van der Waals surface area contributed by atoms with Gasteiger partial charge in [0.1, 0.15) is 5.75 Å². The van der Waals surface area contributed by atoms with Gasteiger partial charge in [-0.1, -0.05) is 97.1 Å². The Morgan fingerprint density at radius 2 is 1.37 bits per heavy atom. The lowest BCUT2D eigenvalue weighted by Crippen LogP contribution is -2.38. The fourth-order valence-electron chi connectivity index (χ4n) is 4.84. The van der Waals surface area contributed by atoms with Gasteiger partial charge in [-0.2, -0.15) is 0 Å². The summed E-state index contributed by atoms with van der Waals surface area (Å²) in [6.07, 6.45) is 0.770. The van der Waals surface area contributed by atoms with Crippen molar-refractivity contribution in [3.8, 4) is 16.9 Å². The first-order valence-electron chi connectivity index (χ1n) is 10.5. The van der Waals surface area contributed by atoms with E-state index in [0.717, 1.165) is 17.7 Å². The van der Waals surface area contributed by atoms with Crippen LogP contribution >= 0.6 is 0 Å².